The SMILES string of the molecule is N#Cc1ccc2c(c1)c1c(n2Cc2csc(Cl)n2)CCCC1. The first-order valence-electron chi connectivity index (χ1n) is 7.40. The summed E-state index contributed by atoms with van der Waals surface area (Å²) in [7, 11) is 0. The van der Waals surface area contributed by atoms with E-state index in [-0.39, 0.29) is 0 Å². The van der Waals surface area contributed by atoms with E-state index >= 15 is 0 Å². The average molecular weight is 328 g/mol. The van der Waals surface area contributed by atoms with Gasteiger partial charge in [-0.3, -0.25) is 0 Å². The topological polar surface area (TPSA) is 41.6 Å². The number of aromatic nitrogens is 2. The molecule has 22 heavy (non-hydrogen) atoms. The highest BCUT2D eigenvalue weighted by atomic mass is 35.5. The summed E-state index contributed by atoms with van der Waals surface area (Å²) < 4.78 is 2.95. The summed E-state index contributed by atoms with van der Waals surface area (Å²) in [5, 5.41) is 12.4. The zero-order valence-corrected chi connectivity index (χ0v) is 13.5. The van der Waals surface area contributed by atoms with Gasteiger partial charge < -0.3 is 4.57 Å². The first-order chi connectivity index (χ1) is 10.8. The number of thiazole rings is 1. The molecule has 0 radical (unpaired) electrons. The Morgan fingerprint density at radius 1 is 1.32 bits per heavy atom. The Bertz CT molecular complexity index is 901. The van der Waals surface area contributed by atoms with Crippen molar-refractivity contribution < 1.29 is 0 Å². The number of hydrogen-bond acceptors (Lipinski definition) is 3. The summed E-state index contributed by atoms with van der Waals surface area (Å²) in [6.45, 7) is 0.751. The fourth-order valence-electron chi connectivity index (χ4n) is 3.40. The van der Waals surface area contributed by atoms with Gasteiger partial charge in [-0.15, -0.1) is 11.3 Å². The number of nitrogens with zero attached hydrogens (tertiary/aromatic N) is 3. The minimum Gasteiger partial charge on any atom is -0.338 e. The van der Waals surface area contributed by atoms with E-state index in [1.165, 1.54) is 46.3 Å². The van der Waals surface area contributed by atoms with Gasteiger partial charge in [0.05, 0.1) is 23.9 Å². The van der Waals surface area contributed by atoms with Gasteiger partial charge in [0.25, 0.3) is 0 Å². The summed E-state index contributed by atoms with van der Waals surface area (Å²) >= 11 is 7.44. The predicted molar refractivity (Wildman–Crippen MR) is 89.5 cm³/mol. The Balaban J connectivity index is 1.91. The molecule has 5 heteroatoms. The normalized spacial score (nSPS) is 14.0. The van der Waals surface area contributed by atoms with Gasteiger partial charge in [0, 0.05) is 22.0 Å². The number of nitriles is 1. The van der Waals surface area contributed by atoms with Crippen molar-refractivity contribution in [1.29, 1.82) is 5.26 Å². The maximum absolute atomic E-state index is 9.17. The van der Waals surface area contributed by atoms with Crippen molar-refractivity contribution in [2.24, 2.45) is 0 Å². The van der Waals surface area contributed by atoms with Crippen LogP contribution in [0.2, 0.25) is 4.47 Å². The Hall–Kier alpha value is -1.83. The van der Waals surface area contributed by atoms with Crippen molar-refractivity contribution >= 4 is 33.8 Å². The first-order valence-corrected chi connectivity index (χ1v) is 8.66. The van der Waals surface area contributed by atoms with Crippen LogP contribution < -0.4 is 0 Å². The average Bonchev–Trinajstić information content (AvgIpc) is 3.10. The van der Waals surface area contributed by atoms with Gasteiger partial charge in [-0.05, 0) is 49.4 Å². The molecule has 0 saturated carbocycles. The van der Waals surface area contributed by atoms with Gasteiger partial charge in [-0.25, -0.2) is 4.98 Å². The number of halogens is 1. The second kappa shape index (κ2) is 5.42. The van der Waals surface area contributed by atoms with Crippen LogP contribution in [0.15, 0.2) is 23.6 Å². The summed E-state index contributed by atoms with van der Waals surface area (Å²) in [5.41, 5.74) is 5.76. The lowest BCUT2D eigenvalue weighted by molar-refractivity contribution is 0.635. The van der Waals surface area contributed by atoms with Crippen LogP contribution in [0.3, 0.4) is 0 Å². The maximum Gasteiger partial charge on any atom is 0.183 e. The van der Waals surface area contributed by atoms with E-state index in [2.05, 4.69) is 21.7 Å². The molecule has 0 amide bonds. The van der Waals surface area contributed by atoms with Gasteiger partial charge in [0.2, 0.25) is 0 Å². The molecule has 3 nitrogen and oxygen atoms in total. The maximum atomic E-state index is 9.17. The van der Waals surface area contributed by atoms with Gasteiger partial charge >= 0.3 is 0 Å². The molecule has 110 valence electrons. The third-order valence-corrected chi connectivity index (χ3v) is 5.38. The third-order valence-electron chi connectivity index (χ3n) is 4.35. The molecule has 4 rings (SSSR count). The third kappa shape index (κ3) is 2.22. The molecule has 1 aromatic carbocycles. The van der Waals surface area contributed by atoms with Gasteiger partial charge in [-0.2, -0.15) is 5.26 Å². The van der Waals surface area contributed by atoms with Crippen molar-refractivity contribution in [3.05, 3.63) is 50.6 Å². The molecule has 0 saturated heterocycles. The lowest BCUT2D eigenvalue weighted by atomic mass is 9.95. The molecule has 0 N–H and O–H groups in total. The van der Waals surface area contributed by atoms with Crippen LogP contribution in [0.1, 0.15) is 35.4 Å². The van der Waals surface area contributed by atoms with E-state index in [4.69, 9.17) is 16.9 Å². The second-order valence-corrected chi connectivity index (χ2v) is 7.09. The highest BCUT2D eigenvalue weighted by Crippen LogP contribution is 2.33. The van der Waals surface area contributed by atoms with Crippen molar-refractivity contribution in [3.63, 3.8) is 0 Å². The number of fused-ring (bicyclic) bond motifs is 3. The highest BCUT2D eigenvalue weighted by molar-refractivity contribution is 7.13. The fourth-order valence-corrected chi connectivity index (χ4v) is 4.18. The minimum atomic E-state index is 0.590. The van der Waals surface area contributed by atoms with E-state index in [9.17, 15) is 0 Å². The zero-order valence-electron chi connectivity index (χ0n) is 12.0. The van der Waals surface area contributed by atoms with Crippen molar-refractivity contribution in [3.8, 4) is 6.07 Å². The summed E-state index contributed by atoms with van der Waals surface area (Å²) in [5.74, 6) is 0. The van der Waals surface area contributed by atoms with Crippen LogP contribution in [-0.2, 0) is 19.4 Å². The molecule has 0 fully saturated rings. The summed E-state index contributed by atoms with van der Waals surface area (Å²) in [4.78, 5) is 4.39. The molecular formula is C17H14ClN3S. The Morgan fingerprint density at radius 3 is 2.95 bits per heavy atom. The molecule has 3 aromatic rings. The summed E-state index contributed by atoms with van der Waals surface area (Å²) in [6, 6.07) is 8.25. The molecule has 0 spiro atoms. The van der Waals surface area contributed by atoms with Crippen LogP contribution >= 0.6 is 22.9 Å². The minimum absolute atomic E-state index is 0.590. The molecule has 0 aliphatic heterocycles. The molecule has 1 aliphatic carbocycles. The van der Waals surface area contributed by atoms with Crippen LogP contribution in [-0.4, -0.2) is 9.55 Å². The van der Waals surface area contributed by atoms with E-state index in [1.54, 1.807) is 0 Å². The first kappa shape index (κ1) is 13.8. The smallest absolute Gasteiger partial charge is 0.183 e. The number of hydrogen-bond donors (Lipinski definition) is 0. The highest BCUT2D eigenvalue weighted by Gasteiger charge is 2.20. The summed E-state index contributed by atoms with van der Waals surface area (Å²) in [6.07, 6.45) is 4.66. The standard InChI is InChI=1S/C17H14ClN3S/c18-17-20-12(10-22-17)9-21-15-4-2-1-3-13(15)14-7-11(8-19)5-6-16(14)21/h5-7,10H,1-4,9H2. The number of rotatable bonds is 2. The Kier molecular flexibility index (Phi) is 3.40. The monoisotopic (exact) mass is 327 g/mol. The number of benzene rings is 1. The van der Waals surface area contributed by atoms with Gasteiger partial charge in [0.1, 0.15) is 0 Å². The van der Waals surface area contributed by atoms with Crippen molar-refractivity contribution in [2.75, 3.05) is 0 Å². The van der Waals surface area contributed by atoms with E-state index in [1.807, 2.05) is 17.5 Å². The molecule has 2 heterocycles. The molecule has 1 aliphatic rings. The van der Waals surface area contributed by atoms with Gasteiger partial charge in [-0.1, -0.05) is 11.6 Å². The Morgan fingerprint density at radius 2 is 2.18 bits per heavy atom. The fraction of sp³-hybridized carbons (Fsp3) is 0.294. The molecule has 2 aromatic heterocycles. The van der Waals surface area contributed by atoms with Crippen LogP contribution in [0.25, 0.3) is 10.9 Å². The lowest BCUT2D eigenvalue weighted by Crippen LogP contribution is -2.09. The largest absolute Gasteiger partial charge is 0.338 e. The van der Waals surface area contributed by atoms with Crippen molar-refractivity contribution in [2.45, 2.75) is 32.2 Å². The molecule has 0 atom stereocenters. The van der Waals surface area contributed by atoms with Gasteiger partial charge in [0.15, 0.2) is 4.47 Å². The van der Waals surface area contributed by atoms with E-state index in [0.29, 0.717) is 4.47 Å². The number of aryl methyl sites for hydroxylation is 1. The molecular weight excluding hydrogens is 314 g/mol. The van der Waals surface area contributed by atoms with Crippen molar-refractivity contribution in [1.82, 2.24) is 9.55 Å². The quantitative estimate of drug-likeness (QED) is 0.693. The molecule has 0 bridgehead atoms. The van der Waals surface area contributed by atoms with Crippen LogP contribution in [0.5, 0.6) is 0 Å². The zero-order chi connectivity index (χ0) is 15.1. The lowest BCUT2D eigenvalue weighted by Gasteiger charge is -2.15. The van der Waals surface area contributed by atoms with E-state index in [0.717, 1.165) is 30.6 Å². The van der Waals surface area contributed by atoms with E-state index < -0.39 is 0 Å². The van der Waals surface area contributed by atoms with Crippen LogP contribution in [0.4, 0.5) is 0 Å². The molecule has 0 unspecified atom stereocenters. The second-order valence-electron chi connectivity index (χ2n) is 5.65. The van der Waals surface area contributed by atoms with Crippen LogP contribution in [0, 0.1) is 11.3 Å². The predicted octanol–water partition coefficient (Wildman–Crippen LogP) is 4.55. The Labute approximate surface area is 137 Å².